The van der Waals surface area contributed by atoms with Gasteiger partial charge >= 0.3 is 5.97 Å². The van der Waals surface area contributed by atoms with Crippen LogP contribution in [-0.4, -0.2) is 39.1 Å². The Labute approximate surface area is 99.7 Å². The Morgan fingerprint density at radius 1 is 1.59 bits per heavy atom. The summed E-state index contributed by atoms with van der Waals surface area (Å²) in [6.07, 6.45) is 1.45. The maximum absolute atomic E-state index is 11.8. The second-order valence-electron chi connectivity index (χ2n) is 4.75. The van der Waals surface area contributed by atoms with E-state index in [1.54, 1.807) is 6.92 Å². The SMILES string of the molecule is CCCC1=C(C(=O)O)N2C(=O)C([C@@H](C)O)C2C1. The standard InChI is InChI=1S/C12H17NO4/c1-3-4-7-5-8-9(6(2)14)11(15)13(8)10(7)12(16)17/h6,8-9,14H,3-5H2,1-2H3,(H,16,17)/t6-,8?,9?/m1/s1. The number of carboxylic acids is 1. The van der Waals surface area contributed by atoms with Gasteiger partial charge in [0, 0.05) is 0 Å². The fourth-order valence-electron chi connectivity index (χ4n) is 2.89. The first-order valence-electron chi connectivity index (χ1n) is 5.95. The van der Waals surface area contributed by atoms with Crippen molar-refractivity contribution in [2.45, 2.75) is 45.3 Å². The lowest BCUT2D eigenvalue weighted by Gasteiger charge is -2.44. The van der Waals surface area contributed by atoms with Gasteiger partial charge in [-0.2, -0.15) is 0 Å². The number of hydrogen-bond acceptors (Lipinski definition) is 3. The first-order valence-corrected chi connectivity index (χ1v) is 5.95. The number of aliphatic hydroxyl groups excluding tert-OH is 1. The highest BCUT2D eigenvalue weighted by molar-refractivity contribution is 5.99. The Balaban J connectivity index is 2.26. The molecule has 2 aliphatic heterocycles. The molecule has 0 radical (unpaired) electrons. The van der Waals surface area contributed by atoms with Crippen molar-refractivity contribution in [3.63, 3.8) is 0 Å². The molecule has 2 N–H and O–H groups in total. The van der Waals surface area contributed by atoms with Gasteiger partial charge < -0.3 is 15.1 Å². The van der Waals surface area contributed by atoms with Crippen LogP contribution in [0.3, 0.4) is 0 Å². The predicted octanol–water partition coefficient (Wildman–Crippen LogP) is 0.737. The Bertz CT molecular complexity index is 399. The number of aliphatic carboxylic acids is 1. The lowest BCUT2D eigenvalue weighted by atomic mass is 9.83. The van der Waals surface area contributed by atoms with Gasteiger partial charge in [-0.3, -0.25) is 4.79 Å². The van der Waals surface area contributed by atoms with Gasteiger partial charge in [-0.05, 0) is 25.3 Å². The Morgan fingerprint density at radius 2 is 2.24 bits per heavy atom. The number of fused-ring (bicyclic) bond motifs is 1. The summed E-state index contributed by atoms with van der Waals surface area (Å²) in [5.41, 5.74) is 0.986. The molecule has 0 saturated carbocycles. The summed E-state index contributed by atoms with van der Waals surface area (Å²) >= 11 is 0. The molecule has 17 heavy (non-hydrogen) atoms. The van der Waals surface area contributed by atoms with E-state index in [0.717, 1.165) is 12.0 Å². The molecule has 0 bridgehead atoms. The zero-order valence-corrected chi connectivity index (χ0v) is 10.0. The van der Waals surface area contributed by atoms with E-state index in [1.165, 1.54) is 4.90 Å². The second-order valence-corrected chi connectivity index (χ2v) is 4.75. The predicted molar refractivity (Wildman–Crippen MR) is 60.0 cm³/mol. The molecule has 2 unspecified atom stereocenters. The largest absolute Gasteiger partial charge is 0.477 e. The summed E-state index contributed by atoms with van der Waals surface area (Å²) in [6, 6.07) is -0.143. The van der Waals surface area contributed by atoms with Crippen LogP contribution in [0.15, 0.2) is 11.3 Å². The minimum atomic E-state index is -1.03. The van der Waals surface area contributed by atoms with Gasteiger partial charge in [0.1, 0.15) is 5.70 Å². The topological polar surface area (TPSA) is 77.8 Å². The number of β-lactam (4-membered cyclic amide) rings is 1. The molecular weight excluding hydrogens is 222 g/mol. The van der Waals surface area contributed by atoms with E-state index in [2.05, 4.69) is 0 Å². The van der Waals surface area contributed by atoms with Crippen LogP contribution in [0.25, 0.3) is 0 Å². The number of carboxylic acid groups (broad SMARTS) is 1. The van der Waals surface area contributed by atoms with Gasteiger partial charge in [0.15, 0.2) is 0 Å². The molecule has 0 aromatic heterocycles. The van der Waals surface area contributed by atoms with Gasteiger partial charge in [0.05, 0.1) is 18.1 Å². The highest BCUT2D eigenvalue weighted by atomic mass is 16.4. The summed E-state index contributed by atoms with van der Waals surface area (Å²) in [7, 11) is 0. The van der Waals surface area contributed by atoms with E-state index in [1.807, 2.05) is 6.92 Å². The van der Waals surface area contributed by atoms with E-state index < -0.39 is 18.0 Å². The Kier molecular flexibility index (Phi) is 2.95. The zero-order chi connectivity index (χ0) is 12.7. The van der Waals surface area contributed by atoms with E-state index in [0.29, 0.717) is 12.8 Å². The molecule has 1 saturated heterocycles. The van der Waals surface area contributed by atoms with Crippen LogP contribution in [-0.2, 0) is 9.59 Å². The first-order chi connectivity index (χ1) is 7.99. The summed E-state index contributed by atoms with van der Waals surface area (Å²) in [6.45, 7) is 3.56. The highest BCUT2D eigenvalue weighted by Gasteiger charge is 2.56. The number of nitrogens with zero attached hydrogens (tertiary/aromatic N) is 1. The van der Waals surface area contributed by atoms with Crippen LogP contribution in [0, 0.1) is 5.92 Å². The average molecular weight is 239 g/mol. The molecule has 3 atom stereocenters. The van der Waals surface area contributed by atoms with Crippen LogP contribution in [0.2, 0.25) is 0 Å². The monoisotopic (exact) mass is 239 g/mol. The Hall–Kier alpha value is -1.36. The zero-order valence-electron chi connectivity index (χ0n) is 10.0. The minimum Gasteiger partial charge on any atom is -0.477 e. The molecule has 5 nitrogen and oxygen atoms in total. The fourth-order valence-corrected chi connectivity index (χ4v) is 2.89. The third kappa shape index (κ3) is 1.65. The van der Waals surface area contributed by atoms with Gasteiger partial charge in [-0.25, -0.2) is 4.79 Å². The van der Waals surface area contributed by atoms with Crippen LogP contribution in [0.4, 0.5) is 0 Å². The number of rotatable bonds is 4. The quantitative estimate of drug-likeness (QED) is 0.709. The average Bonchev–Trinajstić information content (AvgIpc) is 2.53. The summed E-state index contributed by atoms with van der Waals surface area (Å²) in [4.78, 5) is 24.4. The highest BCUT2D eigenvalue weighted by Crippen LogP contribution is 2.44. The molecule has 94 valence electrons. The van der Waals surface area contributed by atoms with E-state index in [4.69, 9.17) is 5.11 Å². The van der Waals surface area contributed by atoms with Crippen molar-refractivity contribution in [2.75, 3.05) is 0 Å². The van der Waals surface area contributed by atoms with E-state index >= 15 is 0 Å². The van der Waals surface area contributed by atoms with Gasteiger partial charge in [0.2, 0.25) is 5.91 Å². The van der Waals surface area contributed by atoms with Crippen LogP contribution in [0.1, 0.15) is 33.1 Å². The lowest BCUT2D eigenvalue weighted by Crippen LogP contribution is -2.61. The van der Waals surface area contributed by atoms with E-state index in [9.17, 15) is 14.7 Å². The number of carbonyl (C=O) groups is 2. The molecule has 2 rings (SSSR count). The number of amides is 1. The van der Waals surface area contributed by atoms with Gasteiger partial charge in [0.25, 0.3) is 0 Å². The number of aliphatic hydroxyl groups is 1. The Morgan fingerprint density at radius 3 is 2.71 bits per heavy atom. The third-order valence-electron chi connectivity index (χ3n) is 3.57. The summed E-state index contributed by atoms with van der Waals surface area (Å²) in [5.74, 6) is -1.72. The van der Waals surface area contributed by atoms with Gasteiger partial charge in [-0.15, -0.1) is 0 Å². The van der Waals surface area contributed by atoms with Crippen molar-refractivity contribution in [3.8, 4) is 0 Å². The van der Waals surface area contributed by atoms with E-state index in [-0.39, 0.29) is 17.6 Å². The molecule has 0 spiro atoms. The summed E-state index contributed by atoms with van der Waals surface area (Å²) < 4.78 is 0. The minimum absolute atomic E-state index is 0.143. The molecule has 2 heterocycles. The van der Waals surface area contributed by atoms with Gasteiger partial charge in [-0.1, -0.05) is 13.3 Å². The summed E-state index contributed by atoms with van der Waals surface area (Å²) in [5, 5.41) is 18.7. The normalized spacial score (nSPS) is 29.1. The lowest BCUT2D eigenvalue weighted by molar-refractivity contribution is -0.161. The maximum atomic E-state index is 11.8. The smallest absolute Gasteiger partial charge is 0.352 e. The molecular formula is C12H17NO4. The molecule has 2 aliphatic rings. The molecule has 1 amide bonds. The van der Waals surface area contributed by atoms with Crippen molar-refractivity contribution < 1.29 is 19.8 Å². The van der Waals surface area contributed by atoms with Crippen molar-refractivity contribution in [1.82, 2.24) is 4.90 Å². The maximum Gasteiger partial charge on any atom is 0.352 e. The second kappa shape index (κ2) is 4.14. The molecule has 0 aromatic carbocycles. The van der Waals surface area contributed by atoms with Crippen molar-refractivity contribution >= 4 is 11.9 Å². The van der Waals surface area contributed by atoms with Crippen LogP contribution < -0.4 is 0 Å². The molecule has 1 fully saturated rings. The van der Waals surface area contributed by atoms with Crippen LogP contribution >= 0.6 is 0 Å². The number of carbonyl (C=O) groups excluding carboxylic acids is 1. The van der Waals surface area contributed by atoms with Crippen molar-refractivity contribution in [1.29, 1.82) is 0 Å². The molecule has 0 aliphatic carbocycles. The molecule has 0 aromatic rings. The van der Waals surface area contributed by atoms with Crippen molar-refractivity contribution in [2.24, 2.45) is 5.92 Å². The van der Waals surface area contributed by atoms with Crippen molar-refractivity contribution in [3.05, 3.63) is 11.3 Å². The number of hydrogen-bond donors (Lipinski definition) is 2. The molecule has 5 heteroatoms. The van der Waals surface area contributed by atoms with Crippen LogP contribution in [0.5, 0.6) is 0 Å². The third-order valence-corrected chi connectivity index (χ3v) is 3.57. The first kappa shape index (κ1) is 12.1. The fraction of sp³-hybridized carbons (Fsp3) is 0.667.